The van der Waals surface area contributed by atoms with Crippen LogP contribution < -0.4 is 15.5 Å². The third-order valence-corrected chi connectivity index (χ3v) is 5.08. The van der Waals surface area contributed by atoms with E-state index in [1.54, 1.807) is 13.0 Å². The summed E-state index contributed by atoms with van der Waals surface area (Å²) >= 11 is 0. The first-order valence-corrected chi connectivity index (χ1v) is 10.2. The van der Waals surface area contributed by atoms with Crippen molar-refractivity contribution in [3.05, 3.63) is 59.0 Å². The van der Waals surface area contributed by atoms with Crippen LogP contribution in [0, 0.1) is 12.7 Å². The van der Waals surface area contributed by atoms with Gasteiger partial charge >= 0.3 is 0 Å². The van der Waals surface area contributed by atoms with Crippen molar-refractivity contribution in [1.29, 1.82) is 0 Å². The lowest BCUT2D eigenvalue weighted by Gasteiger charge is -2.33. The van der Waals surface area contributed by atoms with Gasteiger partial charge in [-0.1, -0.05) is 12.1 Å². The van der Waals surface area contributed by atoms with Gasteiger partial charge in [-0.05, 0) is 55.8 Å². The molecule has 2 aromatic rings. The molecule has 6 nitrogen and oxygen atoms in total. The quantitative estimate of drug-likeness (QED) is 0.344. The predicted molar refractivity (Wildman–Crippen MR) is 132 cm³/mol. The summed E-state index contributed by atoms with van der Waals surface area (Å²) in [7, 11) is 2.15. The minimum absolute atomic E-state index is 0. The molecule has 164 valence electrons. The molecule has 0 amide bonds. The number of aryl methyl sites for hydroxylation is 1. The van der Waals surface area contributed by atoms with Gasteiger partial charge in [-0.15, -0.1) is 24.0 Å². The summed E-state index contributed by atoms with van der Waals surface area (Å²) in [5.74, 6) is 1.59. The molecule has 1 aliphatic rings. The maximum absolute atomic E-state index is 13.4. The molecule has 3 rings (SSSR count). The fourth-order valence-corrected chi connectivity index (χ4v) is 3.28. The second-order valence-corrected chi connectivity index (χ2v) is 7.44. The summed E-state index contributed by atoms with van der Waals surface area (Å²) in [6, 6.07) is 9.29. The van der Waals surface area contributed by atoms with Crippen molar-refractivity contribution in [2.24, 2.45) is 4.99 Å². The highest BCUT2D eigenvalue weighted by atomic mass is 127. The molecule has 30 heavy (non-hydrogen) atoms. The highest BCUT2D eigenvalue weighted by molar-refractivity contribution is 14.0. The fourth-order valence-electron chi connectivity index (χ4n) is 3.28. The van der Waals surface area contributed by atoms with Crippen molar-refractivity contribution in [1.82, 2.24) is 20.5 Å². The molecule has 0 aliphatic carbocycles. The highest BCUT2D eigenvalue weighted by Gasteiger charge is 2.15. The number of halogens is 2. The number of benzene rings is 1. The van der Waals surface area contributed by atoms with E-state index in [9.17, 15) is 4.39 Å². The molecule has 1 aromatic carbocycles. The molecule has 0 unspecified atom stereocenters. The van der Waals surface area contributed by atoms with Gasteiger partial charge in [-0.3, -0.25) is 0 Å². The van der Waals surface area contributed by atoms with Crippen molar-refractivity contribution >= 4 is 35.8 Å². The first kappa shape index (κ1) is 24.3. The minimum atomic E-state index is -0.184. The van der Waals surface area contributed by atoms with Crippen LogP contribution in [0.4, 0.5) is 10.2 Å². The van der Waals surface area contributed by atoms with Crippen LogP contribution in [0.5, 0.6) is 0 Å². The Morgan fingerprint density at radius 2 is 1.87 bits per heavy atom. The van der Waals surface area contributed by atoms with E-state index in [-0.39, 0.29) is 29.8 Å². The molecule has 1 fully saturated rings. The van der Waals surface area contributed by atoms with Crippen LogP contribution in [0.3, 0.4) is 0 Å². The van der Waals surface area contributed by atoms with Gasteiger partial charge in [0.25, 0.3) is 0 Å². The number of piperazine rings is 1. The van der Waals surface area contributed by atoms with Crippen molar-refractivity contribution < 1.29 is 4.39 Å². The van der Waals surface area contributed by atoms with Crippen LogP contribution >= 0.6 is 24.0 Å². The Bertz CT molecular complexity index is 836. The average molecular weight is 526 g/mol. The monoisotopic (exact) mass is 526 g/mol. The topological polar surface area (TPSA) is 55.8 Å². The van der Waals surface area contributed by atoms with Gasteiger partial charge in [-0.2, -0.15) is 0 Å². The predicted octanol–water partition coefficient (Wildman–Crippen LogP) is 3.15. The van der Waals surface area contributed by atoms with E-state index in [2.05, 4.69) is 43.5 Å². The zero-order valence-electron chi connectivity index (χ0n) is 18.0. The van der Waals surface area contributed by atoms with Crippen LogP contribution in [0.2, 0.25) is 0 Å². The largest absolute Gasteiger partial charge is 0.357 e. The lowest BCUT2D eigenvalue weighted by atomic mass is 10.1. The van der Waals surface area contributed by atoms with Crippen molar-refractivity contribution in [3.8, 4) is 0 Å². The molecule has 1 aliphatic heterocycles. The van der Waals surface area contributed by atoms with Gasteiger partial charge in [0.1, 0.15) is 11.6 Å². The zero-order chi connectivity index (χ0) is 20.6. The number of rotatable bonds is 6. The average Bonchev–Trinajstić information content (AvgIpc) is 2.73. The summed E-state index contributed by atoms with van der Waals surface area (Å²) in [6.45, 7) is 9.87. The number of pyridine rings is 1. The molecule has 8 heteroatoms. The first-order valence-electron chi connectivity index (χ1n) is 10.2. The van der Waals surface area contributed by atoms with Crippen molar-refractivity contribution in [2.45, 2.75) is 26.9 Å². The first-order chi connectivity index (χ1) is 14.0. The lowest BCUT2D eigenvalue weighted by Crippen LogP contribution is -2.44. The summed E-state index contributed by atoms with van der Waals surface area (Å²) < 4.78 is 13.4. The molecule has 0 atom stereocenters. The highest BCUT2D eigenvalue weighted by Crippen LogP contribution is 2.15. The standard InChI is InChI=1S/C22H31FN6.HI/c1-4-24-22(26-15-18-5-6-20(23)17(2)13-18)27-16-19-7-8-25-21(14-19)29-11-9-28(3)10-12-29;/h5-8,13-14H,4,9-12,15-16H2,1-3H3,(H2,24,26,27);1H. The molecule has 2 N–H and O–H groups in total. The van der Waals surface area contributed by atoms with Gasteiger partial charge in [0.15, 0.2) is 5.96 Å². The Hall–Kier alpha value is -1.94. The Labute approximate surface area is 196 Å². The van der Waals surface area contributed by atoms with Gasteiger partial charge < -0.3 is 20.4 Å². The smallest absolute Gasteiger partial charge is 0.191 e. The third-order valence-electron chi connectivity index (χ3n) is 5.08. The molecule has 0 spiro atoms. The van der Waals surface area contributed by atoms with E-state index in [0.29, 0.717) is 18.7 Å². The number of aromatic nitrogens is 1. The second kappa shape index (κ2) is 12.0. The van der Waals surface area contributed by atoms with E-state index in [4.69, 9.17) is 0 Å². The summed E-state index contributed by atoms with van der Waals surface area (Å²) in [5, 5.41) is 6.65. The molecule has 0 bridgehead atoms. The molecular formula is C22H32FIN6. The molecule has 0 saturated carbocycles. The van der Waals surface area contributed by atoms with E-state index in [1.165, 1.54) is 6.07 Å². The maximum Gasteiger partial charge on any atom is 0.191 e. The number of aliphatic imine (C=N–C) groups is 1. The number of hydrogen-bond donors (Lipinski definition) is 2. The van der Waals surface area contributed by atoms with E-state index in [1.807, 2.05) is 25.3 Å². The van der Waals surface area contributed by atoms with Crippen LogP contribution in [0.1, 0.15) is 23.6 Å². The lowest BCUT2D eigenvalue weighted by molar-refractivity contribution is 0.312. The summed E-state index contributed by atoms with van der Waals surface area (Å²) in [5.41, 5.74) is 2.79. The van der Waals surface area contributed by atoms with E-state index < -0.39 is 0 Å². The zero-order valence-corrected chi connectivity index (χ0v) is 20.3. The number of nitrogens with one attached hydrogen (secondary N) is 2. The molecular weight excluding hydrogens is 494 g/mol. The van der Waals surface area contributed by atoms with Crippen LogP contribution in [-0.4, -0.2) is 55.6 Å². The summed E-state index contributed by atoms with van der Waals surface area (Å²) in [6.07, 6.45) is 1.87. The maximum atomic E-state index is 13.4. The fraction of sp³-hybridized carbons (Fsp3) is 0.455. The van der Waals surface area contributed by atoms with Gasteiger partial charge in [0.05, 0.1) is 6.54 Å². The van der Waals surface area contributed by atoms with Crippen molar-refractivity contribution in [3.63, 3.8) is 0 Å². The Morgan fingerprint density at radius 3 is 2.57 bits per heavy atom. The molecule has 1 saturated heterocycles. The SMILES string of the molecule is CCNC(=NCc1ccc(F)c(C)c1)NCc1ccnc(N2CCN(C)CC2)c1.I. The Kier molecular flexibility index (Phi) is 9.77. The normalized spacial score (nSPS) is 14.9. The van der Waals surface area contributed by atoms with Gasteiger partial charge in [0, 0.05) is 45.5 Å². The van der Waals surface area contributed by atoms with Gasteiger partial charge in [-0.25, -0.2) is 14.4 Å². The van der Waals surface area contributed by atoms with Crippen molar-refractivity contribution in [2.75, 3.05) is 44.7 Å². The number of likely N-dealkylation sites (N-methyl/N-ethyl adjacent to an activating group) is 1. The number of nitrogens with zero attached hydrogens (tertiary/aromatic N) is 4. The second-order valence-electron chi connectivity index (χ2n) is 7.44. The van der Waals surface area contributed by atoms with E-state index in [0.717, 1.165) is 55.6 Å². The van der Waals surface area contributed by atoms with Gasteiger partial charge in [0.2, 0.25) is 0 Å². The molecule has 2 heterocycles. The van der Waals surface area contributed by atoms with E-state index >= 15 is 0 Å². The summed E-state index contributed by atoms with van der Waals surface area (Å²) in [4.78, 5) is 13.8. The Balaban J connectivity index is 0.00000320. The van der Waals surface area contributed by atoms with Crippen LogP contribution in [0.15, 0.2) is 41.5 Å². The van der Waals surface area contributed by atoms with Crippen LogP contribution in [-0.2, 0) is 13.1 Å². The molecule has 0 radical (unpaired) electrons. The number of hydrogen-bond acceptors (Lipinski definition) is 4. The van der Waals surface area contributed by atoms with Crippen LogP contribution in [0.25, 0.3) is 0 Å². The minimum Gasteiger partial charge on any atom is -0.357 e. The third kappa shape index (κ3) is 7.09. The molecule has 1 aromatic heterocycles. The number of anilines is 1. The number of guanidine groups is 1. The Morgan fingerprint density at radius 1 is 1.10 bits per heavy atom.